The number of fused-ring (bicyclic) bond motifs is 3. The van der Waals surface area contributed by atoms with Crippen molar-refractivity contribution in [1.82, 2.24) is 9.88 Å². The first-order valence-electron chi connectivity index (χ1n) is 10.2. The molecule has 0 saturated carbocycles. The fraction of sp³-hybridized carbons (Fsp3) is 0.333. The minimum Gasteiger partial charge on any atom is -0.398 e. The third kappa shape index (κ3) is 3.58. The van der Waals surface area contributed by atoms with Crippen LogP contribution >= 0.6 is 0 Å². The van der Waals surface area contributed by atoms with Crippen LogP contribution in [-0.4, -0.2) is 16.5 Å². The number of nitrogens with zero attached hydrogens (tertiary/aromatic N) is 2. The summed E-state index contributed by atoms with van der Waals surface area (Å²) in [6, 6.07) is 16.2. The molecule has 1 aliphatic carbocycles. The van der Waals surface area contributed by atoms with Crippen molar-refractivity contribution in [3.8, 4) is 6.07 Å². The molecule has 1 heterocycles. The number of carbonyl (C=O) groups is 1. The predicted octanol–water partition coefficient (Wildman–Crippen LogP) is 3.77. The van der Waals surface area contributed by atoms with Gasteiger partial charge >= 0.3 is 0 Å². The van der Waals surface area contributed by atoms with Crippen LogP contribution in [0.4, 0.5) is 5.69 Å². The lowest BCUT2D eigenvalue weighted by atomic mass is 9.90. The van der Waals surface area contributed by atoms with E-state index in [4.69, 9.17) is 5.73 Å². The molecule has 5 nitrogen and oxygen atoms in total. The van der Waals surface area contributed by atoms with Crippen molar-refractivity contribution < 1.29 is 4.79 Å². The number of anilines is 1. The Balaban J connectivity index is 1.77. The summed E-state index contributed by atoms with van der Waals surface area (Å²) in [4.78, 5) is 12.2. The first-order valence-corrected chi connectivity index (χ1v) is 10.2. The van der Waals surface area contributed by atoms with Crippen LogP contribution in [0.2, 0.25) is 0 Å². The molecular weight excluding hydrogens is 360 g/mol. The minimum atomic E-state index is -0.0241. The number of benzene rings is 2. The number of amides is 1. The summed E-state index contributed by atoms with van der Waals surface area (Å²) in [5, 5.41) is 13.7. The normalized spacial score (nSPS) is 15.9. The van der Waals surface area contributed by atoms with Crippen molar-refractivity contribution in [2.45, 2.75) is 45.7 Å². The Morgan fingerprint density at radius 1 is 1.31 bits per heavy atom. The molecule has 1 aliphatic rings. The molecule has 3 aromatic rings. The molecule has 1 atom stereocenters. The van der Waals surface area contributed by atoms with Crippen LogP contribution in [0.5, 0.6) is 0 Å². The summed E-state index contributed by atoms with van der Waals surface area (Å²) in [5.41, 5.74) is 12.4. The quantitative estimate of drug-likeness (QED) is 0.670. The second kappa shape index (κ2) is 7.63. The summed E-state index contributed by atoms with van der Waals surface area (Å²) >= 11 is 0. The van der Waals surface area contributed by atoms with Gasteiger partial charge in [-0.3, -0.25) is 4.79 Å². The molecule has 5 heteroatoms. The lowest BCUT2D eigenvalue weighted by molar-refractivity contribution is -0.124. The van der Waals surface area contributed by atoms with Crippen molar-refractivity contribution in [2.24, 2.45) is 5.92 Å². The van der Waals surface area contributed by atoms with Gasteiger partial charge in [0, 0.05) is 40.8 Å². The fourth-order valence-corrected chi connectivity index (χ4v) is 4.24. The third-order valence-corrected chi connectivity index (χ3v) is 5.85. The van der Waals surface area contributed by atoms with E-state index in [2.05, 4.69) is 22.0 Å². The lowest BCUT2D eigenvalue weighted by Crippen LogP contribution is -2.41. The number of nitriles is 1. The summed E-state index contributed by atoms with van der Waals surface area (Å²) in [6.45, 7) is 4.53. The Bertz CT molecular complexity index is 1120. The number of aromatic nitrogens is 1. The first-order chi connectivity index (χ1) is 14.0. The summed E-state index contributed by atoms with van der Waals surface area (Å²) in [5.74, 6) is 0.0703. The highest BCUT2D eigenvalue weighted by Crippen LogP contribution is 2.34. The molecule has 2 aromatic carbocycles. The smallest absolute Gasteiger partial charge is 0.222 e. The van der Waals surface area contributed by atoms with E-state index >= 15 is 0 Å². The monoisotopic (exact) mass is 386 g/mol. The Morgan fingerprint density at radius 3 is 2.83 bits per heavy atom. The van der Waals surface area contributed by atoms with E-state index in [0.717, 1.165) is 41.4 Å². The second-order valence-corrected chi connectivity index (χ2v) is 8.16. The zero-order valence-corrected chi connectivity index (χ0v) is 16.9. The average molecular weight is 386 g/mol. The molecular formula is C24H26N4O. The van der Waals surface area contributed by atoms with E-state index in [1.54, 1.807) is 0 Å². The van der Waals surface area contributed by atoms with Crippen LogP contribution in [-0.2, 0) is 24.2 Å². The van der Waals surface area contributed by atoms with Gasteiger partial charge in [0.25, 0.3) is 0 Å². The van der Waals surface area contributed by atoms with Gasteiger partial charge in [0.15, 0.2) is 0 Å². The highest BCUT2D eigenvalue weighted by molar-refractivity contribution is 5.87. The number of nitrogen functional groups attached to an aromatic ring is 1. The molecule has 0 saturated heterocycles. The van der Waals surface area contributed by atoms with Gasteiger partial charge in [-0.15, -0.1) is 0 Å². The van der Waals surface area contributed by atoms with Crippen LogP contribution in [0.1, 0.15) is 42.7 Å². The molecule has 148 valence electrons. The van der Waals surface area contributed by atoms with Gasteiger partial charge in [-0.25, -0.2) is 0 Å². The van der Waals surface area contributed by atoms with E-state index in [0.29, 0.717) is 12.1 Å². The van der Waals surface area contributed by atoms with Crippen molar-refractivity contribution in [3.05, 3.63) is 64.8 Å². The Labute approximate surface area is 171 Å². The number of hydrogen-bond donors (Lipinski definition) is 2. The molecule has 0 unspecified atom stereocenters. The SMILES string of the molecule is CC(C)C(=O)N[C@@H]1CCc2c(c3cc(C#N)ccc3n2Cc2ccccc2N)C1. The van der Waals surface area contributed by atoms with Gasteiger partial charge in [0.1, 0.15) is 0 Å². The summed E-state index contributed by atoms with van der Waals surface area (Å²) in [7, 11) is 0. The molecule has 29 heavy (non-hydrogen) atoms. The van der Waals surface area contributed by atoms with E-state index in [1.165, 1.54) is 11.3 Å². The maximum atomic E-state index is 12.2. The van der Waals surface area contributed by atoms with Crippen molar-refractivity contribution in [1.29, 1.82) is 5.26 Å². The van der Waals surface area contributed by atoms with E-state index < -0.39 is 0 Å². The fourth-order valence-electron chi connectivity index (χ4n) is 4.24. The molecule has 0 aliphatic heterocycles. The van der Waals surface area contributed by atoms with Crippen molar-refractivity contribution in [2.75, 3.05) is 5.73 Å². The number of hydrogen-bond acceptors (Lipinski definition) is 3. The molecule has 0 radical (unpaired) electrons. The van der Waals surface area contributed by atoms with E-state index in [-0.39, 0.29) is 17.9 Å². The van der Waals surface area contributed by atoms with Crippen LogP contribution in [0, 0.1) is 17.2 Å². The number of rotatable bonds is 4. The Kier molecular flexibility index (Phi) is 5.02. The standard InChI is InChI=1S/C24H26N4O/c1-15(2)24(29)27-18-8-10-23-20(12-18)19-11-16(13-25)7-9-22(19)28(23)14-17-5-3-4-6-21(17)26/h3-7,9,11,15,18H,8,10,12,14,26H2,1-2H3,(H,27,29)/t18-/m1/s1. The van der Waals surface area contributed by atoms with Gasteiger partial charge in [0.05, 0.1) is 11.6 Å². The molecule has 4 rings (SSSR count). The van der Waals surface area contributed by atoms with Gasteiger partial charge in [-0.05, 0) is 54.7 Å². The van der Waals surface area contributed by atoms with E-state index in [1.807, 2.05) is 50.2 Å². The maximum Gasteiger partial charge on any atom is 0.222 e. The first kappa shape index (κ1) is 19.1. The highest BCUT2D eigenvalue weighted by Gasteiger charge is 2.27. The average Bonchev–Trinajstić information content (AvgIpc) is 3.02. The topological polar surface area (TPSA) is 83.8 Å². The van der Waals surface area contributed by atoms with Gasteiger partial charge in [-0.2, -0.15) is 5.26 Å². The molecule has 3 N–H and O–H groups in total. The summed E-state index contributed by atoms with van der Waals surface area (Å²) in [6.07, 6.45) is 2.59. The Hall–Kier alpha value is -3.26. The van der Waals surface area contributed by atoms with Crippen LogP contribution in [0.25, 0.3) is 10.9 Å². The second-order valence-electron chi connectivity index (χ2n) is 8.16. The Morgan fingerprint density at radius 2 is 2.10 bits per heavy atom. The molecule has 0 spiro atoms. The molecule has 1 amide bonds. The van der Waals surface area contributed by atoms with Crippen LogP contribution in [0.15, 0.2) is 42.5 Å². The number of carbonyl (C=O) groups excluding carboxylic acids is 1. The maximum absolute atomic E-state index is 12.2. The zero-order chi connectivity index (χ0) is 20.5. The van der Waals surface area contributed by atoms with Gasteiger partial charge in [0.2, 0.25) is 5.91 Å². The van der Waals surface area contributed by atoms with E-state index in [9.17, 15) is 10.1 Å². The van der Waals surface area contributed by atoms with Crippen molar-refractivity contribution in [3.63, 3.8) is 0 Å². The lowest BCUT2D eigenvalue weighted by Gasteiger charge is -2.26. The predicted molar refractivity (Wildman–Crippen MR) is 115 cm³/mol. The largest absolute Gasteiger partial charge is 0.398 e. The highest BCUT2D eigenvalue weighted by atomic mass is 16.1. The van der Waals surface area contributed by atoms with Crippen LogP contribution in [0.3, 0.4) is 0 Å². The van der Waals surface area contributed by atoms with Gasteiger partial charge < -0.3 is 15.6 Å². The number of para-hydroxylation sites is 1. The van der Waals surface area contributed by atoms with Crippen molar-refractivity contribution >= 4 is 22.5 Å². The molecule has 0 bridgehead atoms. The molecule has 0 fully saturated rings. The minimum absolute atomic E-state index is 0.0241. The number of nitrogens with one attached hydrogen (secondary N) is 1. The summed E-state index contributed by atoms with van der Waals surface area (Å²) < 4.78 is 2.33. The molecule has 1 aromatic heterocycles. The zero-order valence-electron chi connectivity index (χ0n) is 16.9. The van der Waals surface area contributed by atoms with Crippen LogP contribution < -0.4 is 11.1 Å². The third-order valence-electron chi connectivity index (χ3n) is 5.85. The van der Waals surface area contributed by atoms with Gasteiger partial charge in [-0.1, -0.05) is 32.0 Å². The number of nitrogens with two attached hydrogens (primary N) is 1.